The van der Waals surface area contributed by atoms with Crippen molar-refractivity contribution in [3.8, 4) is 16.9 Å². The molecule has 1 aromatic carbocycles. The molecule has 10 heteroatoms. The number of imidazole rings is 1. The summed E-state index contributed by atoms with van der Waals surface area (Å²) in [5.41, 5.74) is 6.10. The number of hydrogen-bond donors (Lipinski definition) is 1. The van der Waals surface area contributed by atoms with Gasteiger partial charge in [-0.15, -0.1) is 0 Å². The number of alkyl halides is 2. The number of anilines is 1. The van der Waals surface area contributed by atoms with Crippen LogP contribution in [0.1, 0.15) is 22.5 Å². The third-order valence-corrected chi connectivity index (χ3v) is 6.75. The lowest BCUT2D eigenvalue weighted by Crippen LogP contribution is -2.48. The van der Waals surface area contributed by atoms with E-state index in [0.717, 1.165) is 39.5 Å². The molecule has 0 radical (unpaired) electrons. The van der Waals surface area contributed by atoms with Crippen LogP contribution in [0, 0.1) is 13.8 Å². The summed E-state index contributed by atoms with van der Waals surface area (Å²) in [7, 11) is 0. The Bertz CT molecular complexity index is 1430. The molecule has 3 aromatic heterocycles. The Morgan fingerprint density at radius 3 is 2.54 bits per heavy atom. The number of ether oxygens (including phenoxy) is 1. The molecule has 4 aromatic rings. The van der Waals surface area contributed by atoms with Crippen LogP contribution >= 0.6 is 0 Å². The Morgan fingerprint density at radius 2 is 1.86 bits per heavy atom. The van der Waals surface area contributed by atoms with Crippen molar-refractivity contribution in [3.63, 3.8) is 0 Å². The zero-order valence-electron chi connectivity index (χ0n) is 20.6. The first-order chi connectivity index (χ1) is 17.8. The maximum atomic E-state index is 12.9. The molecule has 1 fully saturated rings. The van der Waals surface area contributed by atoms with Crippen molar-refractivity contribution in [1.82, 2.24) is 19.3 Å². The summed E-state index contributed by atoms with van der Waals surface area (Å²) in [5.74, 6) is 0.963. The summed E-state index contributed by atoms with van der Waals surface area (Å²) >= 11 is 0. The lowest BCUT2D eigenvalue weighted by molar-refractivity contribution is -0.0504. The fraction of sp³-hybridized carbons (Fsp3) is 0.296. The molecule has 1 aliphatic heterocycles. The minimum Gasteiger partial charge on any atom is -0.465 e. The standard InChI is InChI=1S/C27H27F2N5O3/c1-17-13-25-31-18(2)22(14-19-5-3-4-6-23(19)37-26(28)29)34(25)16-21(17)20-7-8-24(30-15-20)32-9-11-33(12-10-32)27(35)36/h3-8,13,15-16,26H,9-12,14H2,1-2H3,(H,35,36). The molecule has 0 bridgehead atoms. The number of carbonyl (C=O) groups is 1. The Labute approximate surface area is 212 Å². The van der Waals surface area contributed by atoms with Crippen LogP contribution in [-0.2, 0) is 6.42 Å². The smallest absolute Gasteiger partial charge is 0.407 e. The minimum atomic E-state index is -2.89. The fourth-order valence-corrected chi connectivity index (χ4v) is 4.77. The van der Waals surface area contributed by atoms with Crippen LogP contribution in [0.2, 0.25) is 0 Å². The maximum absolute atomic E-state index is 12.9. The lowest BCUT2D eigenvalue weighted by Gasteiger charge is -2.33. The van der Waals surface area contributed by atoms with E-state index in [0.29, 0.717) is 38.2 Å². The van der Waals surface area contributed by atoms with E-state index in [9.17, 15) is 13.6 Å². The van der Waals surface area contributed by atoms with E-state index in [-0.39, 0.29) is 5.75 Å². The number of pyridine rings is 2. The van der Waals surface area contributed by atoms with E-state index >= 15 is 0 Å². The van der Waals surface area contributed by atoms with Crippen molar-refractivity contribution in [3.05, 3.63) is 77.4 Å². The topological polar surface area (TPSA) is 83.2 Å². The molecule has 37 heavy (non-hydrogen) atoms. The molecule has 5 rings (SSSR count). The monoisotopic (exact) mass is 507 g/mol. The van der Waals surface area contributed by atoms with Gasteiger partial charge in [0.15, 0.2) is 0 Å². The minimum absolute atomic E-state index is 0.156. The van der Waals surface area contributed by atoms with Gasteiger partial charge in [-0.1, -0.05) is 18.2 Å². The first-order valence-electron chi connectivity index (χ1n) is 12.0. The molecular formula is C27H27F2N5O3. The van der Waals surface area contributed by atoms with E-state index in [4.69, 9.17) is 14.8 Å². The van der Waals surface area contributed by atoms with Gasteiger partial charge in [-0.25, -0.2) is 14.8 Å². The second-order valence-electron chi connectivity index (χ2n) is 9.07. The number of para-hydroxylation sites is 1. The lowest BCUT2D eigenvalue weighted by atomic mass is 10.0. The van der Waals surface area contributed by atoms with Crippen LogP contribution in [-0.4, -0.2) is 63.3 Å². The Hall–Kier alpha value is -4.21. The number of amides is 1. The number of fused-ring (bicyclic) bond motifs is 1. The molecule has 1 saturated heterocycles. The highest BCUT2D eigenvalue weighted by atomic mass is 19.3. The molecule has 0 spiro atoms. The third kappa shape index (κ3) is 5.04. The third-order valence-electron chi connectivity index (χ3n) is 6.75. The van der Waals surface area contributed by atoms with Gasteiger partial charge in [-0.3, -0.25) is 0 Å². The van der Waals surface area contributed by atoms with E-state index in [1.54, 1.807) is 24.3 Å². The molecule has 0 atom stereocenters. The van der Waals surface area contributed by atoms with Gasteiger partial charge in [0.25, 0.3) is 0 Å². The van der Waals surface area contributed by atoms with Crippen molar-refractivity contribution in [2.24, 2.45) is 0 Å². The Morgan fingerprint density at radius 1 is 1.11 bits per heavy atom. The Balaban J connectivity index is 1.43. The van der Waals surface area contributed by atoms with E-state index in [2.05, 4.69) is 9.88 Å². The van der Waals surface area contributed by atoms with Crippen molar-refractivity contribution in [2.45, 2.75) is 26.9 Å². The van der Waals surface area contributed by atoms with Gasteiger partial charge in [-0.05, 0) is 43.7 Å². The number of hydrogen-bond acceptors (Lipinski definition) is 5. The molecule has 1 amide bonds. The average molecular weight is 508 g/mol. The van der Waals surface area contributed by atoms with Crippen LogP contribution < -0.4 is 9.64 Å². The van der Waals surface area contributed by atoms with Crippen molar-refractivity contribution in [1.29, 1.82) is 0 Å². The van der Waals surface area contributed by atoms with E-state index < -0.39 is 12.7 Å². The molecule has 1 N–H and O–H groups in total. The molecule has 0 saturated carbocycles. The number of halogens is 2. The SMILES string of the molecule is Cc1cc2nc(C)c(Cc3ccccc3OC(F)F)n2cc1-c1ccc(N2CCN(C(=O)O)CC2)nc1. The van der Waals surface area contributed by atoms with Crippen LogP contribution in [0.3, 0.4) is 0 Å². The predicted molar refractivity (Wildman–Crippen MR) is 136 cm³/mol. The summed E-state index contributed by atoms with van der Waals surface area (Å²) < 4.78 is 32.6. The highest BCUT2D eigenvalue weighted by Gasteiger charge is 2.21. The normalized spacial score (nSPS) is 14.0. The van der Waals surface area contributed by atoms with Crippen LogP contribution in [0.5, 0.6) is 5.75 Å². The molecular weight excluding hydrogens is 480 g/mol. The fourth-order valence-electron chi connectivity index (χ4n) is 4.77. The number of aryl methyl sites for hydroxylation is 2. The molecule has 4 heterocycles. The number of benzene rings is 1. The van der Waals surface area contributed by atoms with Gasteiger partial charge in [0, 0.05) is 67.4 Å². The summed E-state index contributed by atoms with van der Waals surface area (Å²) in [6, 6.07) is 12.8. The quantitative estimate of drug-likeness (QED) is 0.395. The zero-order chi connectivity index (χ0) is 26.1. The second-order valence-corrected chi connectivity index (χ2v) is 9.07. The maximum Gasteiger partial charge on any atom is 0.407 e. The summed E-state index contributed by atoms with van der Waals surface area (Å²) in [4.78, 5) is 24.0. The summed E-state index contributed by atoms with van der Waals surface area (Å²) in [6.07, 6.45) is 3.33. The Kier molecular flexibility index (Phi) is 6.64. The van der Waals surface area contributed by atoms with Gasteiger partial charge in [0.2, 0.25) is 0 Å². The van der Waals surface area contributed by atoms with Crippen molar-refractivity contribution >= 4 is 17.6 Å². The molecule has 1 aliphatic rings. The number of aromatic nitrogens is 3. The number of rotatable bonds is 6. The highest BCUT2D eigenvalue weighted by molar-refractivity contribution is 5.70. The van der Waals surface area contributed by atoms with Crippen LogP contribution in [0.4, 0.5) is 19.4 Å². The van der Waals surface area contributed by atoms with Gasteiger partial charge in [0.1, 0.15) is 17.2 Å². The van der Waals surface area contributed by atoms with E-state index in [1.165, 1.54) is 4.90 Å². The predicted octanol–water partition coefficient (Wildman–Crippen LogP) is 5.01. The second kappa shape index (κ2) is 10.0. The number of nitrogens with zero attached hydrogens (tertiary/aromatic N) is 5. The molecule has 8 nitrogen and oxygen atoms in total. The molecule has 192 valence electrons. The van der Waals surface area contributed by atoms with Gasteiger partial charge >= 0.3 is 12.7 Å². The first-order valence-corrected chi connectivity index (χ1v) is 12.0. The molecule has 0 aliphatic carbocycles. The largest absolute Gasteiger partial charge is 0.465 e. The summed E-state index contributed by atoms with van der Waals surface area (Å²) in [5, 5.41) is 9.16. The summed E-state index contributed by atoms with van der Waals surface area (Å²) in [6.45, 7) is 3.12. The zero-order valence-corrected chi connectivity index (χ0v) is 20.6. The number of piperazine rings is 1. The average Bonchev–Trinajstić information content (AvgIpc) is 3.18. The molecule has 0 unspecified atom stereocenters. The highest BCUT2D eigenvalue weighted by Crippen LogP contribution is 2.29. The first kappa shape index (κ1) is 24.5. The van der Waals surface area contributed by atoms with Crippen LogP contribution in [0.25, 0.3) is 16.8 Å². The van der Waals surface area contributed by atoms with Crippen molar-refractivity contribution < 1.29 is 23.4 Å². The van der Waals surface area contributed by atoms with Gasteiger partial charge in [-0.2, -0.15) is 8.78 Å². The van der Waals surface area contributed by atoms with Gasteiger partial charge < -0.3 is 24.0 Å². The van der Waals surface area contributed by atoms with Crippen LogP contribution in [0.15, 0.2) is 54.9 Å². The van der Waals surface area contributed by atoms with Crippen molar-refractivity contribution in [2.75, 3.05) is 31.1 Å². The number of carboxylic acid groups (broad SMARTS) is 1. The van der Waals surface area contributed by atoms with Gasteiger partial charge in [0.05, 0.1) is 5.69 Å². The van der Waals surface area contributed by atoms with E-state index in [1.807, 2.05) is 48.8 Å².